The minimum Gasteiger partial charge on any atom is -0.492 e. The first-order valence-corrected chi connectivity index (χ1v) is 8.04. The van der Waals surface area contributed by atoms with Crippen molar-refractivity contribution in [2.45, 2.75) is 20.3 Å². The van der Waals surface area contributed by atoms with Gasteiger partial charge in [-0.3, -0.25) is 0 Å². The number of nitrogens with one attached hydrogen (secondary N) is 1. The quantitative estimate of drug-likeness (QED) is 0.711. The maximum Gasteiger partial charge on any atom is 0.214 e. The molecule has 0 saturated carbocycles. The monoisotopic (exact) mass is 286 g/mol. The van der Waals surface area contributed by atoms with Crippen molar-refractivity contribution < 1.29 is 13.2 Å². The molecule has 0 amide bonds. The first kappa shape index (κ1) is 15.8. The predicted molar refractivity (Wildman–Crippen MR) is 77.6 cm³/mol. The van der Waals surface area contributed by atoms with Crippen molar-refractivity contribution in [3.63, 3.8) is 0 Å². The molecule has 0 spiro atoms. The van der Waals surface area contributed by atoms with Crippen LogP contribution in [0.2, 0.25) is 0 Å². The van der Waals surface area contributed by atoms with E-state index >= 15 is 0 Å². The van der Waals surface area contributed by atoms with E-state index in [0.717, 1.165) is 6.42 Å². The zero-order chi connectivity index (χ0) is 14.3. The maximum atomic E-state index is 11.7. The van der Waals surface area contributed by atoms with Crippen LogP contribution in [0.3, 0.4) is 0 Å². The first-order chi connectivity index (χ1) is 8.93. The molecule has 0 radical (unpaired) electrons. The highest BCUT2D eigenvalue weighted by Crippen LogP contribution is 2.12. The van der Waals surface area contributed by atoms with E-state index in [4.69, 9.17) is 10.5 Å². The summed E-state index contributed by atoms with van der Waals surface area (Å²) in [4.78, 5) is 0. The van der Waals surface area contributed by atoms with E-state index in [0.29, 0.717) is 23.9 Å². The molecule has 1 unspecified atom stereocenters. The second kappa shape index (κ2) is 7.35. The van der Waals surface area contributed by atoms with Gasteiger partial charge < -0.3 is 10.5 Å². The molecule has 0 bridgehead atoms. The van der Waals surface area contributed by atoms with Crippen LogP contribution in [0.1, 0.15) is 20.3 Å². The Kier molecular flexibility index (Phi) is 6.11. The second-order valence-electron chi connectivity index (χ2n) is 4.60. The lowest BCUT2D eigenvalue weighted by Crippen LogP contribution is -2.32. The summed E-state index contributed by atoms with van der Waals surface area (Å²) in [5.74, 6) is 0.910. The molecule has 0 fully saturated rings. The third kappa shape index (κ3) is 6.45. The number of nitrogen functional groups attached to an aromatic ring is 1. The van der Waals surface area contributed by atoms with Crippen LogP contribution >= 0.6 is 0 Å². The first-order valence-electron chi connectivity index (χ1n) is 6.38. The molecule has 5 nitrogen and oxygen atoms in total. The highest BCUT2D eigenvalue weighted by Gasteiger charge is 2.11. The molecule has 1 rings (SSSR count). The van der Waals surface area contributed by atoms with Crippen molar-refractivity contribution in [1.82, 2.24) is 4.72 Å². The van der Waals surface area contributed by atoms with E-state index in [1.807, 2.05) is 13.8 Å². The van der Waals surface area contributed by atoms with Gasteiger partial charge in [-0.1, -0.05) is 20.3 Å². The van der Waals surface area contributed by atoms with Crippen molar-refractivity contribution in [3.05, 3.63) is 24.3 Å². The normalized spacial score (nSPS) is 13.2. The minimum absolute atomic E-state index is 0.0478. The van der Waals surface area contributed by atoms with Gasteiger partial charge in [0.2, 0.25) is 10.0 Å². The number of hydrogen-bond donors (Lipinski definition) is 2. The highest BCUT2D eigenvalue weighted by atomic mass is 32.2. The molecule has 0 aliphatic heterocycles. The van der Waals surface area contributed by atoms with Gasteiger partial charge in [-0.05, 0) is 30.2 Å². The summed E-state index contributed by atoms with van der Waals surface area (Å²) in [5, 5.41) is 0. The molecule has 6 heteroatoms. The Hall–Kier alpha value is -1.27. The molecule has 3 N–H and O–H groups in total. The van der Waals surface area contributed by atoms with Crippen molar-refractivity contribution in [1.29, 1.82) is 0 Å². The van der Waals surface area contributed by atoms with E-state index in [-0.39, 0.29) is 12.4 Å². The standard InChI is InChI=1S/C13H22N2O3S/c1-3-11(2)10-15-19(16,17)9-8-18-13-6-4-12(14)5-7-13/h4-7,11,15H,3,8-10,14H2,1-2H3. The number of benzene rings is 1. The molecule has 0 heterocycles. The van der Waals surface area contributed by atoms with Gasteiger partial charge in [0.25, 0.3) is 0 Å². The van der Waals surface area contributed by atoms with Crippen LogP contribution < -0.4 is 15.2 Å². The summed E-state index contributed by atoms with van der Waals surface area (Å²) in [6.07, 6.45) is 0.949. The summed E-state index contributed by atoms with van der Waals surface area (Å²) in [5.41, 5.74) is 6.19. The lowest BCUT2D eigenvalue weighted by molar-refractivity contribution is 0.340. The second-order valence-corrected chi connectivity index (χ2v) is 6.52. The van der Waals surface area contributed by atoms with Gasteiger partial charge in [0.1, 0.15) is 12.4 Å². The average Bonchev–Trinajstić information content (AvgIpc) is 2.38. The lowest BCUT2D eigenvalue weighted by Gasteiger charge is -2.11. The number of hydrogen-bond acceptors (Lipinski definition) is 4. The fraction of sp³-hybridized carbons (Fsp3) is 0.538. The molecule has 1 aromatic carbocycles. The molecular weight excluding hydrogens is 264 g/mol. The van der Waals surface area contributed by atoms with Gasteiger partial charge in [0, 0.05) is 12.2 Å². The fourth-order valence-electron chi connectivity index (χ4n) is 1.32. The Labute approximate surface area is 115 Å². The Morgan fingerprint density at radius 3 is 2.53 bits per heavy atom. The van der Waals surface area contributed by atoms with Gasteiger partial charge in [0.15, 0.2) is 0 Å². The number of sulfonamides is 1. The summed E-state index contributed by atoms with van der Waals surface area (Å²) in [6, 6.07) is 6.86. The van der Waals surface area contributed by atoms with Crippen LogP contribution in [-0.4, -0.2) is 27.3 Å². The highest BCUT2D eigenvalue weighted by molar-refractivity contribution is 7.89. The van der Waals surface area contributed by atoms with Crippen LogP contribution in [0.5, 0.6) is 5.75 Å². The number of anilines is 1. The van der Waals surface area contributed by atoms with E-state index in [9.17, 15) is 8.42 Å². The van der Waals surface area contributed by atoms with E-state index in [1.165, 1.54) is 0 Å². The van der Waals surface area contributed by atoms with Crippen LogP contribution in [0.15, 0.2) is 24.3 Å². The topological polar surface area (TPSA) is 81.4 Å². The van der Waals surface area contributed by atoms with E-state index in [1.54, 1.807) is 24.3 Å². The zero-order valence-corrected chi connectivity index (χ0v) is 12.2. The van der Waals surface area contributed by atoms with E-state index in [2.05, 4.69) is 4.72 Å². The molecule has 19 heavy (non-hydrogen) atoms. The largest absolute Gasteiger partial charge is 0.492 e. The summed E-state index contributed by atoms with van der Waals surface area (Å²) < 4.78 is 31.3. The average molecular weight is 286 g/mol. The number of rotatable bonds is 8. The molecule has 0 aliphatic carbocycles. The van der Waals surface area contributed by atoms with Gasteiger partial charge in [0.05, 0.1) is 5.75 Å². The van der Waals surface area contributed by atoms with Crippen molar-refractivity contribution in [2.24, 2.45) is 5.92 Å². The summed E-state index contributed by atoms with van der Waals surface area (Å²) >= 11 is 0. The van der Waals surface area contributed by atoms with Crippen LogP contribution in [0, 0.1) is 5.92 Å². The molecule has 108 valence electrons. The molecule has 1 aromatic rings. The number of ether oxygens (including phenoxy) is 1. The Morgan fingerprint density at radius 1 is 1.32 bits per heavy atom. The molecule has 0 saturated heterocycles. The van der Waals surface area contributed by atoms with Crippen molar-refractivity contribution in [2.75, 3.05) is 24.6 Å². The molecule has 0 aliphatic rings. The van der Waals surface area contributed by atoms with Crippen LogP contribution in [-0.2, 0) is 10.0 Å². The predicted octanol–water partition coefficient (Wildman–Crippen LogP) is 1.61. The molecule has 1 atom stereocenters. The molecule has 0 aromatic heterocycles. The van der Waals surface area contributed by atoms with Crippen molar-refractivity contribution in [3.8, 4) is 5.75 Å². The summed E-state index contributed by atoms with van der Waals surface area (Å²) in [6.45, 7) is 4.64. The van der Waals surface area contributed by atoms with Gasteiger partial charge >= 0.3 is 0 Å². The SMILES string of the molecule is CCC(C)CNS(=O)(=O)CCOc1ccc(N)cc1. The zero-order valence-electron chi connectivity index (χ0n) is 11.4. The fourth-order valence-corrected chi connectivity index (χ4v) is 2.30. The van der Waals surface area contributed by atoms with E-state index < -0.39 is 10.0 Å². The Morgan fingerprint density at radius 2 is 1.95 bits per heavy atom. The smallest absolute Gasteiger partial charge is 0.214 e. The van der Waals surface area contributed by atoms with Crippen molar-refractivity contribution >= 4 is 15.7 Å². The molecular formula is C13H22N2O3S. The van der Waals surface area contributed by atoms with Gasteiger partial charge in [-0.15, -0.1) is 0 Å². The summed E-state index contributed by atoms with van der Waals surface area (Å²) in [7, 11) is -3.26. The minimum atomic E-state index is -3.26. The van der Waals surface area contributed by atoms with Crippen LogP contribution in [0.25, 0.3) is 0 Å². The van der Waals surface area contributed by atoms with Gasteiger partial charge in [-0.2, -0.15) is 0 Å². The Balaban J connectivity index is 2.33. The van der Waals surface area contributed by atoms with Gasteiger partial charge in [-0.25, -0.2) is 13.1 Å². The Bertz CT molecular complexity index is 471. The lowest BCUT2D eigenvalue weighted by atomic mass is 10.1. The third-order valence-electron chi connectivity index (χ3n) is 2.85. The number of nitrogens with two attached hydrogens (primary N) is 1. The maximum absolute atomic E-state index is 11.7. The van der Waals surface area contributed by atoms with Crippen LogP contribution in [0.4, 0.5) is 5.69 Å². The third-order valence-corrected chi connectivity index (χ3v) is 4.16.